The summed E-state index contributed by atoms with van der Waals surface area (Å²) in [5, 5.41) is 0. The van der Waals surface area contributed by atoms with Gasteiger partial charge in [0, 0.05) is 6.54 Å². The lowest BCUT2D eigenvalue weighted by Gasteiger charge is -2.08. The minimum Gasteiger partial charge on any atom is -0.491 e. The Morgan fingerprint density at radius 1 is 1.40 bits per heavy atom. The molecule has 0 atom stereocenters. The topological polar surface area (TPSA) is 27.1 Å². The van der Waals surface area contributed by atoms with Crippen LogP contribution < -0.4 is 4.74 Å². The van der Waals surface area contributed by atoms with Crippen molar-refractivity contribution in [2.24, 2.45) is 5.92 Å². The molecule has 0 unspecified atom stereocenters. The molecule has 0 radical (unpaired) electrons. The molecule has 1 aliphatic rings. The van der Waals surface area contributed by atoms with E-state index >= 15 is 0 Å². The van der Waals surface area contributed by atoms with Crippen molar-refractivity contribution < 1.29 is 4.74 Å². The predicted octanol–water partition coefficient (Wildman–Crippen LogP) is 4.36. The number of rotatable bonds is 7. The molecule has 1 aliphatic carbocycles. The van der Waals surface area contributed by atoms with Crippen LogP contribution in [-0.2, 0) is 12.4 Å². The number of aromatic nitrogens is 2. The molecule has 1 fully saturated rings. The largest absolute Gasteiger partial charge is 0.491 e. The molecule has 1 aromatic carbocycles. The Morgan fingerprint density at radius 2 is 2.25 bits per heavy atom. The number of hydrogen-bond acceptors (Lipinski definition) is 2. The summed E-state index contributed by atoms with van der Waals surface area (Å²) in [5.41, 5.74) is 2.10. The van der Waals surface area contributed by atoms with Crippen LogP contribution in [0.5, 0.6) is 5.75 Å². The summed E-state index contributed by atoms with van der Waals surface area (Å²) in [4.78, 5) is 4.69. The second-order valence-electron chi connectivity index (χ2n) is 5.52. The highest BCUT2D eigenvalue weighted by Crippen LogP contribution is 2.34. The highest BCUT2D eigenvalue weighted by Gasteiger charge is 2.22. The van der Waals surface area contributed by atoms with E-state index in [1.165, 1.54) is 19.3 Å². The molecule has 20 heavy (non-hydrogen) atoms. The Kier molecular flexibility index (Phi) is 4.16. The lowest BCUT2D eigenvalue weighted by Crippen LogP contribution is -2.03. The van der Waals surface area contributed by atoms with E-state index in [1.54, 1.807) is 0 Å². The van der Waals surface area contributed by atoms with Gasteiger partial charge in [-0.15, -0.1) is 11.6 Å². The summed E-state index contributed by atoms with van der Waals surface area (Å²) < 4.78 is 8.06. The van der Waals surface area contributed by atoms with Gasteiger partial charge in [0.2, 0.25) is 0 Å². The van der Waals surface area contributed by atoms with Gasteiger partial charge < -0.3 is 9.30 Å². The smallest absolute Gasteiger partial charge is 0.147 e. The van der Waals surface area contributed by atoms with Gasteiger partial charge in [0.05, 0.1) is 18.0 Å². The average Bonchev–Trinajstić information content (AvgIpc) is 3.23. The van der Waals surface area contributed by atoms with Gasteiger partial charge in [-0.3, -0.25) is 0 Å². The molecule has 1 saturated carbocycles. The molecule has 108 valence electrons. The van der Waals surface area contributed by atoms with E-state index in [0.717, 1.165) is 48.1 Å². The van der Waals surface area contributed by atoms with Crippen LogP contribution in [0.3, 0.4) is 0 Å². The Hall–Kier alpha value is -1.22. The molecule has 2 aromatic rings. The van der Waals surface area contributed by atoms with Crippen molar-refractivity contribution >= 4 is 22.6 Å². The fourth-order valence-electron chi connectivity index (χ4n) is 2.57. The number of nitrogens with zero attached hydrogens (tertiary/aromatic N) is 2. The van der Waals surface area contributed by atoms with E-state index in [-0.39, 0.29) is 0 Å². The summed E-state index contributed by atoms with van der Waals surface area (Å²) in [7, 11) is 0. The van der Waals surface area contributed by atoms with Crippen LogP contribution in [0.1, 0.15) is 38.4 Å². The van der Waals surface area contributed by atoms with Gasteiger partial charge in [-0.05, 0) is 30.9 Å². The van der Waals surface area contributed by atoms with Gasteiger partial charge >= 0.3 is 0 Å². The van der Waals surface area contributed by atoms with Crippen molar-refractivity contribution in [2.75, 3.05) is 6.61 Å². The number of halogens is 1. The SMILES string of the molecule is CCCOc1cccc2c1nc(CCl)n2CCC1CC1. The maximum Gasteiger partial charge on any atom is 0.147 e. The van der Waals surface area contributed by atoms with Crippen LogP contribution in [0, 0.1) is 5.92 Å². The monoisotopic (exact) mass is 292 g/mol. The van der Waals surface area contributed by atoms with E-state index in [1.807, 2.05) is 12.1 Å². The molecule has 0 amide bonds. The first-order chi connectivity index (χ1) is 9.83. The fourth-order valence-corrected chi connectivity index (χ4v) is 2.77. The Balaban J connectivity index is 1.94. The molecule has 0 bridgehead atoms. The molecule has 0 aliphatic heterocycles. The minimum atomic E-state index is 0.451. The van der Waals surface area contributed by atoms with Gasteiger partial charge in [0.1, 0.15) is 17.1 Å². The van der Waals surface area contributed by atoms with Crippen LogP contribution in [0.4, 0.5) is 0 Å². The van der Waals surface area contributed by atoms with E-state index < -0.39 is 0 Å². The molecule has 0 saturated heterocycles. The van der Waals surface area contributed by atoms with Crippen LogP contribution >= 0.6 is 11.6 Å². The standard InChI is InChI=1S/C16H21ClN2O/c1-2-10-20-14-5-3-4-13-16(14)18-15(11-17)19(13)9-8-12-6-7-12/h3-5,12H,2,6-11H2,1H3. The molecule has 0 N–H and O–H groups in total. The van der Waals surface area contributed by atoms with Crippen molar-refractivity contribution in [1.82, 2.24) is 9.55 Å². The Bertz CT molecular complexity index is 589. The molecule has 4 heteroatoms. The van der Waals surface area contributed by atoms with Crippen molar-refractivity contribution in [3.8, 4) is 5.75 Å². The normalized spacial score (nSPS) is 14.9. The van der Waals surface area contributed by atoms with Gasteiger partial charge in [-0.1, -0.05) is 25.8 Å². The first-order valence-corrected chi connectivity index (χ1v) is 8.03. The predicted molar refractivity (Wildman–Crippen MR) is 82.4 cm³/mol. The number of hydrogen-bond donors (Lipinski definition) is 0. The summed E-state index contributed by atoms with van der Waals surface area (Å²) in [6, 6.07) is 6.15. The Labute approximate surface area is 124 Å². The van der Waals surface area contributed by atoms with Crippen LogP contribution in [0.25, 0.3) is 11.0 Å². The Morgan fingerprint density at radius 3 is 2.95 bits per heavy atom. The number of fused-ring (bicyclic) bond motifs is 1. The quantitative estimate of drug-likeness (QED) is 0.709. The second-order valence-corrected chi connectivity index (χ2v) is 5.78. The molecule has 3 rings (SSSR count). The van der Waals surface area contributed by atoms with Gasteiger partial charge in [0.15, 0.2) is 0 Å². The lowest BCUT2D eigenvalue weighted by atomic mass is 10.2. The first-order valence-electron chi connectivity index (χ1n) is 7.50. The van der Waals surface area contributed by atoms with Crippen molar-refractivity contribution in [1.29, 1.82) is 0 Å². The highest BCUT2D eigenvalue weighted by molar-refractivity contribution is 6.16. The van der Waals surface area contributed by atoms with Crippen molar-refractivity contribution in [3.63, 3.8) is 0 Å². The molecule has 1 heterocycles. The molecule has 1 aromatic heterocycles. The van der Waals surface area contributed by atoms with Crippen molar-refractivity contribution in [3.05, 3.63) is 24.0 Å². The third-order valence-corrected chi connectivity index (χ3v) is 4.10. The van der Waals surface area contributed by atoms with Crippen LogP contribution in [0.15, 0.2) is 18.2 Å². The van der Waals surface area contributed by atoms with E-state index in [2.05, 4.69) is 22.5 Å². The fraction of sp³-hybridized carbons (Fsp3) is 0.562. The summed E-state index contributed by atoms with van der Waals surface area (Å²) in [5.74, 6) is 3.19. The zero-order valence-corrected chi connectivity index (χ0v) is 12.7. The number of imidazole rings is 1. The molecule has 0 spiro atoms. The molecule has 3 nitrogen and oxygen atoms in total. The van der Waals surface area contributed by atoms with Gasteiger partial charge in [-0.2, -0.15) is 0 Å². The molecular weight excluding hydrogens is 272 g/mol. The zero-order chi connectivity index (χ0) is 13.9. The number of para-hydroxylation sites is 1. The maximum atomic E-state index is 6.07. The number of benzene rings is 1. The summed E-state index contributed by atoms with van der Waals surface area (Å²) in [6.45, 7) is 3.85. The molecular formula is C16H21ClN2O. The number of aryl methyl sites for hydroxylation is 1. The third-order valence-electron chi connectivity index (χ3n) is 3.86. The van der Waals surface area contributed by atoms with Gasteiger partial charge in [-0.25, -0.2) is 4.98 Å². The minimum absolute atomic E-state index is 0.451. The van der Waals surface area contributed by atoms with E-state index in [0.29, 0.717) is 5.88 Å². The zero-order valence-electron chi connectivity index (χ0n) is 11.9. The average molecular weight is 293 g/mol. The van der Waals surface area contributed by atoms with E-state index in [4.69, 9.17) is 16.3 Å². The van der Waals surface area contributed by atoms with Crippen LogP contribution in [-0.4, -0.2) is 16.2 Å². The summed E-state index contributed by atoms with van der Waals surface area (Å²) >= 11 is 6.07. The van der Waals surface area contributed by atoms with Crippen LogP contribution in [0.2, 0.25) is 0 Å². The maximum absolute atomic E-state index is 6.07. The lowest BCUT2D eigenvalue weighted by molar-refractivity contribution is 0.320. The van der Waals surface area contributed by atoms with Gasteiger partial charge in [0.25, 0.3) is 0 Å². The van der Waals surface area contributed by atoms with Crippen molar-refractivity contribution in [2.45, 2.75) is 45.0 Å². The first kappa shape index (κ1) is 13.7. The van der Waals surface area contributed by atoms with E-state index in [9.17, 15) is 0 Å². The number of alkyl halides is 1. The third kappa shape index (κ3) is 2.78. The summed E-state index contributed by atoms with van der Waals surface area (Å²) in [6.07, 6.45) is 5.00. The highest BCUT2D eigenvalue weighted by atomic mass is 35.5. The number of ether oxygens (including phenoxy) is 1. The second kappa shape index (κ2) is 6.04.